The zero-order chi connectivity index (χ0) is 15.6. The highest BCUT2D eigenvalue weighted by Gasteiger charge is 2.36. The number of halogens is 3. The van der Waals surface area contributed by atoms with E-state index in [2.05, 4.69) is 4.98 Å². The summed E-state index contributed by atoms with van der Waals surface area (Å²) >= 11 is 0. The Hall–Kier alpha value is -1.83. The number of carboxylic acid groups (broad SMARTS) is 1. The number of ether oxygens (including phenoxy) is 1. The third-order valence-electron chi connectivity index (χ3n) is 3.26. The van der Waals surface area contributed by atoms with Gasteiger partial charge in [-0.3, -0.25) is 0 Å². The summed E-state index contributed by atoms with van der Waals surface area (Å²) in [6.45, 7) is 0.826. The SMILES string of the molecule is CN(CC1CCCO1)c1nc(C(=O)O)ccc1C(F)(F)F. The maximum atomic E-state index is 13.0. The van der Waals surface area contributed by atoms with Crippen LogP contribution in [0.25, 0.3) is 0 Å². The lowest BCUT2D eigenvalue weighted by atomic mass is 10.2. The average Bonchev–Trinajstić information content (AvgIpc) is 2.89. The summed E-state index contributed by atoms with van der Waals surface area (Å²) in [5, 5.41) is 8.88. The Morgan fingerprint density at radius 2 is 2.24 bits per heavy atom. The highest BCUT2D eigenvalue weighted by Crippen LogP contribution is 2.35. The summed E-state index contributed by atoms with van der Waals surface area (Å²) < 4.78 is 44.4. The number of rotatable bonds is 4. The van der Waals surface area contributed by atoms with Crippen molar-refractivity contribution in [2.45, 2.75) is 25.1 Å². The van der Waals surface area contributed by atoms with Crippen LogP contribution in [0.15, 0.2) is 12.1 Å². The molecular formula is C13H15F3N2O3. The Kier molecular flexibility index (Phi) is 4.36. The monoisotopic (exact) mass is 304 g/mol. The summed E-state index contributed by atoms with van der Waals surface area (Å²) in [5.74, 6) is -1.76. The topological polar surface area (TPSA) is 62.7 Å². The lowest BCUT2D eigenvalue weighted by Gasteiger charge is -2.25. The molecule has 0 spiro atoms. The molecule has 21 heavy (non-hydrogen) atoms. The molecule has 1 aliphatic rings. The minimum atomic E-state index is -4.59. The molecule has 0 saturated carbocycles. The van der Waals surface area contributed by atoms with E-state index in [1.807, 2.05) is 0 Å². The number of aromatic nitrogens is 1. The predicted molar refractivity (Wildman–Crippen MR) is 68.4 cm³/mol. The molecule has 5 nitrogen and oxygen atoms in total. The van der Waals surface area contributed by atoms with Crippen molar-refractivity contribution in [1.29, 1.82) is 0 Å². The average molecular weight is 304 g/mol. The van der Waals surface area contributed by atoms with Crippen molar-refractivity contribution >= 4 is 11.8 Å². The van der Waals surface area contributed by atoms with Gasteiger partial charge in [-0.25, -0.2) is 9.78 Å². The van der Waals surface area contributed by atoms with Crippen molar-refractivity contribution in [3.63, 3.8) is 0 Å². The number of anilines is 1. The van der Waals surface area contributed by atoms with Crippen LogP contribution in [0, 0.1) is 0 Å². The lowest BCUT2D eigenvalue weighted by molar-refractivity contribution is -0.137. The van der Waals surface area contributed by atoms with Crippen molar-refractivity contribution in [3.05, 3.63) is 23.4 Å². The maximum absolute atomic E-state index is 13.0. The molecule has 1 fully saturated rings. The summed E-state index contributed by atoms with van der Waals surface area (Å²) in [6.07, 6.45) is -3.12. The standard InChI is InChI=1S/C13H15F3N2O3/c1-18(7-8-3-2-6-21-8)11-9(13(14,15)16)4-5-10(17-11)12(19)20/h4-5,8H,2-3,6-7H2,1H3,(H,19,20). The number of hydrogen-bond donors (Lipinski definition) is 1. The van der Waals surface area contributed by atoms with Crippen molar-refractivity contribution < 1.29 is 27.8 Å². The molecule has 0 bridgehead atoms. The summed E-state index contributed by atoms with van der Waals surface area (Å²) in [4.78, 5) is 15.8. The number of hydrogen-bond acceptors (Lipinski definition) is 4. The van der Waals surface area contributed by atoms with Gasteiger partial charge in [0, 0.05) is 20.2 Å². The van der Waals surface area contributed by atoms with E-state index in [1.165, 1.54) is 11.9 Å². The van der Waals surface area contributed by atoms with E-state index in [-0.39, 0.29) is 12.6 Å². The molecule has 1 N–H and O–H groups in total. The van der Waals surface area contributed by atoms with E-state index in [0.717, 1.165) is 25.0 Å². The van der Waals surface area contributed by atoms with Crippen LogP contribution in [0.5, 0.6) is 0 Å². The molecular weight excluding hydrogens is 289 g/mol. The highest BCUT2D eigenvalue weighted by atomic mass is 19.4. The second-order valence-corrected chi connectivity index (χ2v) is 4.89. The van der Waals surface area contributed by atoms with E-state index in [9.17, 15) is 18.0 Å². The first-order chi connectivity index (χ1) is 9.79. The van der Waals surface area contributed by atoms with Crippen LogP contribution in [-0.4, -0.2) is 42.4 Å². The van der Waals surface area contributed by atoms with E-state index in [1.54, 1.807) is 0 Å². The minimum Gasteiger partial charge on any atom is -0.477 e. The van der Waals surface area contributed by atoms with Crippen LogP contribution in [0.2, 0.25) is 0 Å². The Morgan fingerprint density at radius 1 is 1.52 bits per heavy atom. The van der Waals surface area contributed by atoms with Gasteiger partial charge in [0.2, 0.25) is 0 Å². The number of nitrogens with zero attached hydrogens (tertiary/aromatic N) is 2. The number of alkyl halides is 3. The van der Waals surface area contributed by atoms with Gasteiger partial charge in [-0.05, 0) is 25.0 Å². The molecule has 2 rings (SSSR count). The van der Waals surface area contributed by atoms with Crippen LogP contribution in [-0.2, 0) is 10.9 Å². The molecule has 1 atom stereocenters. The summed E-state index contributed by atoms with van der Waals surface area (Å²) in [5.41, 5.74) is -1.37. The molecule has 2 heterocycles. The van der Waals surface area contributed by atoms with Crippen LogP contribution in [0.3, 0.4) is 0 Å². The largest absolute Gasteiger partial charge is 0.477 e. The fourth-order valence-electron chi connectivity index (χ4n) is 2.26. The second kappa shape index (κ2) is 5.88. The second-order valence-electron chi connectivity index (χ2n) is 4.89. The first-order valence-corrected chi connectivity index (χ1v) is 6.43. The van der Waals surface area contributed by atoms with E-state index < -0.39 is 29.2 Å². The van der Waals surface area contributed by atoms with Crippen LogP contribution in [0.1, 0.15) is 28.9 Å². The molecule has 1 aliphatic heterocycles. The summed E-state index contributed by atoms with van der Waals surface area (Å²) in [6, 6.07) is 1.60. The molecule has 1 aromatic heterocycles. The van der Waals surface area contributed by atoms with Crippen LogP contribution < -0.4 is 4.90 Å². The third-order valence-corrected chi connectivity index (χ3v) is 3.26. The minimum absolute atomic E-state index is 0.161. The molecule has 116 valence electrons. The number of pyridine rings is 1. The molecule has 0 radical (unpaired) electrons. The number of likely N-dealkylation sites (N-methyl/N-ethyl adjacent to an activating group) is 1. The lowest BCUT2D eigenvalue weighted by Crippen LogP contribution is -2.31. The van der Waals surface area contributed by atoms with Crippen molar-refractivity contribution in [2.24, 2.45) is 0 Å². The zero-order valence-corrected chi connectivity index (χ0v) is 11.4. The third kappa shape index (κ3) is 3.63. The Bertz CT molecular complexity index is 528. The molecule has 0 aliphatic carbocycles. The van der Waals surface area contributed by atoms with Gasteiger partial charge >= 0.3 is 12.1 Å². The van der Waals surface area contributed by atoms with Gasteiger partial charge in [0.25, 0.3) is 0 Å². The molecule has 1 saturated heterocycles. The normalized spacial score (nSPS) is 18.8. The maximum Gasteiger partial charge on any atom is 0.419 e. The molecule has 0 aromatic carbocycles. The summed E-state index contributed by atoms with van der Waals surface area (Å²) in [7, 11) is 1.45. The Balaban J connectivity index is 2.32. The van der Waals surface area contributed by atoms with E-state index in [4.69, 9.17) is 9.84 Å². The zero-order valence-electron chi connectivity index (χ0n) is 11.4. The van der Waals surface area contributed by atoms with Gasteiger partial charge in [0.1, 0.15) is 5.82 Å². The fourth-order valence-corrected chi connectivity index (χ4v) is 2.26. The van der Waals surface area contributed by atoms with Gasteiger partial charge < -0.3 is 14.7 Å². The van der Waals surface area contributed by atoms with Gasteiger partial charge in [-0.15, -0.1) is 0 Å². The first-order valence-electron chi connectivity index (χ1n) is 6.43. The van der Waals surface area contributed by atoms with Crippen molar-refractivity contribution in [1.82, 2.24) is 4.98 Å². The van der Waals surface area contributed by atoms with Crippen LogP contribution >= 0.6 is 0 Å². The van der Waals surface area contributed by atoms with Gasteiger partial charge in [-0.1, -0.05) is 0 Å². The fraction of sp³-hybridized carbons (Fsp3) is 0.538. The smallest absolute Gasteiger partial charge is 0.419 e. The number of carboxylic acids is 1. The van der Waals surface area contributed by atoms with Gasteiger partial charge in [-0.2, -0.15) is 13.2 Å². The molecule has 0 amide bonds. The Labute approximate surface area is 119 Å². The molecule has 1 aromatic rings. The number of aromatic carboxylic acids is 1. The van der Waals surface area contributed by atoms with E-state index >= 15 is 0 Å². The quantitative estimate of drug-likeness (QED) is 0.925. The Morgan fingerprint density at radius 3 is 2.76 bits per heavy atom. The van der Waals surface area contributed by atoms with Crippen molar-refractivity contribution in [3.8, 4) is 0 Å². The number of carbonyl (C=O) groups is 1. The molecule has 8 heteroatoms. The first kappa shape index (κ1) is 15.6. The molecule has 1 unspecified atom stereocenters. The van der Waals surface area contributed by atoms with Gasteiger partial charge in [0.15, 0.2) is 5.69 Å². The van der Waals surface area contributed by atoms with E-state index in [0.29, 0.717) is 6.61 Å². The van der Waals surface area contributed by atoms with Crippen molar-refractivity contribution in [2.75, 3.05) is 25.1 Å². The van der Waals surface area contributed by atoms with Crippen LogP contribution in [0.4, 0.5) is 19.0 Å². The predicted octanol–water partition coefficient (Wildman–Crippen LogP) is 2.41. The highest BCUT2D eigenvalue weighted by molar-refractivity contribution is 5.86. The van der Waals surface area contributed by atoms with Gasteiger partial charge in [0.05, 0.1) is 11.7 Å².